The molecule has 3 aliphatic rings. The fourth-order valence-corrected chi connectivity index (χ4v) is 8.53. The summed E-state index contributed by atoms with van der Waals surface area (Å²) in [6.45, 7) is 30.2. The maximum absolute atomic E-state index is 6.17. The summed E-state index contributed by atoms with van der Waals surface area (Å²) < 4.78 is 88.5. The molecule has 0 spiro atoms. The van der Waals surface area contributed by atoms with Crippen molar-refractivity contribution in [3.63, 3.8) is 0 Å². The van der Waals surface area contributed by atoms with Crippen molar-refractivity contribution in [3.8, 4) is 0 Å². The topological polar surface area (TPSA) is 148 Å². The van der Waals surface area contributed by atoms with Crippen LogP contribution in [0.2, 0.25) is 0 Å². The molecule has 0 atom stereocenters. The van der Waals surface area contributed by atoms with Gasteiger partial charge in [-0.15, -0.1) is 0 Å². The first kappa shape index (κ1) is 60.1. The first-order valence-electron chi connectivity index (χ1n) is 26.2. The zero-order chi connectivity index (χ0) is 48.5. The first-order chi connectivity index (χ1) is 34.2. The van der Waals surface area contributed by atoms with Crippen molar-refractivity contribution >= 4 is 0 Å². The third-order valence-corrected chi connectivity index (χ3v) is 12.2. The molecule has 4 rings (SSSR count). The van der Waals surface area contributed by atoms with Crippen molar-refractivity contribution in [1.29, 1.82) is 0 Å². The van der Waals surface area contributed by atoms with Crippen molar-refractivity contribution in [1.82, 2.24) is 14.7 Å². The highest BCUT2D eigenvalue weighted by Crippen LogP contribution is 2.33. The first-order valence-corrected chi connectivity index (χ1v) is 26.2. The van der Waals surface area contributed by atoms with E-state index in [4.69, 9.17) is 71.1 Å². The zero-order valence-corrected chi connectivity index (χ0v) is 43.2. The fourth-order valence-electron chi connectivity index (χ4n) is 8.53. The minimum Gasteiger partial charge on any atom is -0.378 e. The molecular weight excluding hydrogens is 895 g/mol. The Morgan fingerprint density at radius 3 is 0.464 bits per heavy atom. The predicted molar refractivity (Wildman–Crippen MR) is 263 cm³/mol. The lowest BCUT2D eigenvalue weighted by Crippen LogP contribution is -2.35. The van der Waals surface area contributed by atoms with E-state index in [1.807, 2.05) is 0 Å². The predicted octanol–water partition coefficient (Wildman–Crippen LogP) is 3.07. The van der Waals surface area contributed by atoms with Gasteiger partial charge in [0.2, 0.25) is 0 Å². The Kier molecular flexibility index (Phi) is 36.5. The maximum Gasteiger partial charge on any atom is 0.0701 e. The molecule has 0 amide bonds. The molecule has 3 fully saturated rings. The molecule has 3 aliphatic heterocycles. The lowest BCUT2D eigenvalue weighted by Gasteiger charge is -2.33. The monoisotopic (exact) mass is 988 g/mol. The van der Waals surface area contributed by atoms with Gasteiger partial charge in [-0.3, -0.25) is 14.7 Å². The van der Waals surface area contributed by atoms with Crippen molar-refractivity contribution in [2.24, 2.45) is 0 Å². The third kappa shape index (κ3) is 27.4. The van der Waals surface area contributed by atoms with Crippen molar-refractivity contribution < 1.29 is 71.1 Å². The van der Waals surface area contributed by atoms with Crippen molar-refractivity contribution in [3.05, 3.63) is 33.4 Å². The van der Waals surface area contributed by atoms with E-state index in [2.05, 4.69) is 35.5 Å². The SMILES string of the molecule is CCc1c(CN2CCOCCOCCOCCOCCOCC2)c(CC)c(CN2CCOCCOCCOCCOCCOCC2)c(CC)c1CN1CCOCCOCCOCCOCCOCC1. The summed E-state index contributed by atoms with van der Waals surface area (Å²) in [4.78, 5) is 7.53. The van der Waals surface area contributed by atoms with E-state index < -0.39 is 0 Å². The second-order valence-electron chi connectivity index (χ2n) is 16.9. The number of hydrogen-bond acceptors (Lipinski definition) is 18. The van der Waals surface area contributed by atoms with Crippen LogP contribution < -0.4 is 0 Å². The normalized spacial score (nSPS) is 22.8. The van der Waals surface area contributed by atoms with Gasteiger partial charge in [-0.05, 0) is 52.6 Å². The highest BCUT2D eigenvalue weighted by Gasteiger charge is 2.26. The lowest BCUT2D eigenvalue weighted by molar-refractivity contribution is -0.0192. The van der Waals surface area contributed by atoms with Gasteiger partial charge in [-0.25, -0.2) is 0 Å². The molecule has 1 aromatic rings. The Hall–Kier alpha value is -1.50. The number of rotatable bonds is 9. The average Bonchev–Trinajstić information content (AvgIpc) is 3.35. The average molecular weight is 988 g/mol. The van der Waals surface area contributed by atoms with Gasteiger partial charge in [-0.1, -0.05) is 20.8 Å². The molecule has 0 N–H and O–H groups in total. The van der Waals surface area contributed by atoms with E-state index in [0.29, 0.717) is 198 Å². The molecule has 0 saturated carbocycles. The van der Waals surface area contributed by atoms with Gasteiger partial charge in [0, 0.05) is 58.9 Å². The molecule has 3 heterocycles. The Labute approximate surface area is 415 Å². The zero-order valence-electron chi connectivity index (χ0n) is 43.2. The quantitative estimate of drug-likeness (QED) is 0.357. The minimum atomic E-state index is 0.529. The number of ether oxygens (including phenoxy) is 15. The summed E-state index contributed by atoms with van der Waals surface area (Å²) in [5.41, 5.74) is 8.53. The van der Waals surface area contributed by atoms with Crippen LogP contribution >= 0.6 is 0 Å². The standard InChI is InChI=1S/C51H93N3O15/c1-4-46-49(43-52-7-13-55-19-25-61-31-37-67-38-32-62-26-20-56-14-8-52)47(5-2)51(45-54-11-17-59-23-29-65-35-41-69-42-36-66-30-24-60-18-12-54)48(6-3)50(46)44-53-9-15-57-21-27-63-33-39-68-40-34-64-28-22-58-16-10-53/h4-45H2,1-3H3. The summed E-state index contributed by atoms with van der Waals surface area (Å²) in [6, 6.07) is 0. The van der Waals surface area contributed by atoms with Crippen LogP contribution in [0.1, 0.15) is 54.2 Å². The number of nitrogens with zero attached hydrogens (tertiary/aromatic N) is 3. The van der Waals surface area contributed by atoms with Gasteiger partial charge in [-0.2, -0.15) is 0 Å². The van der Waals surface area contributed by atoms with E-state index in [9.17, 15) is 0 Å². The van der Waals surface area contributed by atoms with E-state index in [1.165, 1.54) is 33.4 Å². The van der Waals surface area contributed by atoms with Crippen molar-refractivity contribution in [2.45, 2.75) is 59.7 Å². The lowest BCUT2D eigenvalue weighted by atomic mass is 9.82. The summed E-state index contributed by atoms with van der Waals surface area (Å²) in [7, 11) is 0. The molecule has 3 saturated heterocycles. The molecular formula is C51H93N3O15. The molecule has 18 heteroatoms. The summed E-state index contributed by atoms with van der Waals surface area (Å²) in [5, 5.41) is 0. The summed E-state index contributed by atoms with van der Waals surface area (Å²) in [5.74, 6) is 0. The fraction of sp³-hybridized carbons (Fsp3) is 0.882. The van der Waals surface area contributed by atoms with Crippen LogP contribution in [0.25, 0.3) is 0 Å². The van der Waals surface area contributed by atoms with Gasteiger partial charge in [0.25, 0.3) is 0 Å². The summed E-state index contributed by atoms with van der Waals surface area (Å²) >= 11 is 0. The maximum atomic E-state index is 6.17. The molecule has 18 nitrogen and oxygen atoms in total. The van der Waals surface area contributed by atoms with Gasteiger partial charge in [0.05, 0.1) is 198 Å². The molecule has 0 aromatic heterocycles. The Balaban J connectivity index is 1.68. The van der Waals surface area contributed by atoms with E-state index in [-0.39, 0.29) is 0 Å². The van der Waals surface area contributed by atoms with Crippen LogP contribution in [0, 0.1) is 0 Å². The third-order valence-electron chi connectivity index (χ3n) is 12.2. The molecule has 1 aromatic carbocycles. The van der Waals surface area contributed by atoms with Crippen LogP contribution in [-0.4, -0.2) is 252 Å². The van der Waals surface area contributed by atoms with Crippen LogP contribution in [0.15, 0.2) is 0 Å². The second-order valence-corrected chi connectivity index (χ2v) is 16.9. The van der Waals surface area contributed by atoms with E-state index in [0.717, 1.165) is 78.2 Å². The summed E-state index contributed by atoms with van der Waals surface area (Å²) in [6.07, 6.45) is 2.72. The number of benzene rings is 1. The number of hydrogen-bond donors (Lipinski definition) is 0. The minimum absolute atomic E-state index is 0.529. The van der Waals surface area contributed by atoms with Crippen LogP contribution in [0.5, 0.6) is 0 Å². The molecule has 0 bridgehead atoms. The smallest absolute Gasteiger partial charge is 0.0701 e. The van der Waals surface area contributed by atoms with Crippen LogP contribution in [-0.2, 0) is 110 Å². The van der Waals surface area contributed by atoms with E-state index in [1.54, 1.807) is 0 Å². The molecule has 0 radical (unpaired) electrons. The second kappa shape index (κ2) is 41.9. The Morgan fingerprint density at radius 2 is 0.333 bits per heavy atom. The molecule has 402 valence electrons. The van der Waals surface area contributed by atoms with Gasteiger partial charge in [0.15, 0.2) is 0 Å². The van der Waals surface area contributed by atoms with Crippen molar-refractivity contribution in [2.75, 3.05) is 237 Å². The van der Waals surface area contributed by atoms with Gasteiger partial charge in [0.1, 0.15) is 0 Å². The molecule has 69 heavy (non-hydrogen) atoms. The van der Waals surface area contributed by atoms with Gasteiger partial charge >= 0.3 is 0 Å². The van der Waals surface area contributed by atoms with Crippen LogP contribution in [0.3, 0.4) is 0 Å². The van der Waals surface area contributed by atoms with E-state index >= 15 is 0 Å². The van der Waals surface area contributed by atoms with Crippen LogP contribution in [0.4, 0.5) is 0 Å². The molecule has 0 aliphatic carbocycles. The Morgan fingerprint density at radius 1 is 0.203 bits per heavy atom. The largest absolute Gasteiger partial charge is 0.378 e. The highest BCUT2D eigenvalue weighted by molar-refractivity contribution is 5.52. The Bertz CT molecular complexity index is 1140. The van der Waals surface area contributed by atoms with Gasteiger partial charge < -0.3 is 71.1 Å². The molecule has 0 unspecified atom stereocenters. The highest BCUT2D eigenvalue weighted by atomic mass is 16.6.